The number of ether oxygens (including phenoxy) is 3. The predicted molar refractivity (Wildman–Crippen MR) is 123 cm³/mol. The van der Waals surface area contributed by atoms with E-state index < -0.39 is 0 Å². The zero-order valence-electron chi connectivity index (χ0n) is 16.1. The molecule has 3 nitrogen and oxygen atoms in total. The van der Waals surface area contributed by atoms with Gasteiger partial charge in [0.15, 0.2) is 0 Å². The normalized spacial score (nSPS) is 14.4. The van der Waals surface area contributed by atoms with Crippen molar-refractivity contribution >= 4 is 47.8 Å². The Bertz CT molecular complexity index is 562. The molecule has 27 heavy (non-hydrogen) atoms. The highest BCUT2D eigenvalue weighted by atomic mass is 79.9. The molecule has 0 N–H and O–H groups in total. The zero-order valence-corrected chi connectivity index (χ0v) is 20.8. The highest BCUT2D eigenvalue weighted by Gasteiger charge is 2.21. The Balaban J connectivity index is 3.31. The number of rotatable bonds is 12. The minimum Gasteiger partial charge on any atom is -0.370 e. The Labute approximate surface area is 188 Å². The lowest BCUT2D eigenvalue weighted by Crippen LogP contribution is -2.12. The van der Waals surface area contributed by atoms with E-state index in [9.17, 15) is 0 Å². The molecule has 0 aliphatic rings. The van der Waals surface area contributed by atoms with Crippen LogP contribution in [-0.2, 0) is 34.0 Å². The maximum absolute atomic E-state index is 5.87. The van der Waals surface area contributed by atoms with E-state index in [2.05, 4.69) is 67.5 Å². The van der Waals surface area contributed by atoms with E-state index >= 15 is 0 Å². The van der Waals surface area contributed by atoms with E-state index in [1.54, 1.807) is 18.2 Å². The van der Waals surface area contributed by atoms with Gasteiger partial charge in [-0.3, -0.25) is 0 Å². The molecule has 0 saturated carbocycles. The third-order valence-electron chi connectivity index (χ3n) is 4.06. The van der Waals surface area contributed by atoms with Gasteiger partial charge in [-0.1, -0.05) is 18.2 Å². The van der Waals surface area contributed by atoms with Crippen molar-refractivity contribution in [1.29, 1.82) is 0 Å². The van der Waals surface area contributed by atoms with Crippen molar-refractivity contribution in [3.05, 3.63) is 68.1 Å². The molecule has 3 unspecified atom stereocenters. The molecule has 150 valence electrons. The maximum atomic E-state index is 5.87. The number of benzene rings is 1. The Morgan fingerprint density at radius 2 is 0.852 bits per heavy atom. The fourth-order valence-electron chi connectivity index (χ4n) is 2.06. The van der Waals surface area contributed by atoms with Crippen LogP contribution in [0.25, 0.3) is 0 Å². The van der Waals surface area contributed by atoms with E-state index in [0.29, 0.717) is 19.8 Å². The van der Waals surface area contributed by atoms with Crippen molar-refractivity contribution in [3.8, 4) is 0 Å². The molecule has 1 rings (SSSR count). The molecular weight excluding hydrogens is 540 g/mol. The highest BCUT2D eigenvalue weighted by molar-refractivity contribution is 9.11. The highest BCUT2D eigenvalue weighted by Crippen LogP contribution is 2.40. The van der Waals surface area contributed by atoms with E-state index in [0.717, 1.165) is 30.1 Å². The summed E-state index contributed by atoms with van der Waals surface area (Å²) < 4.78 is 20.4. The van der Waals surface area contributed by atoms with Crippen molar-refractivity contribution in [2.75, 3.05) is 0 Å². The Kier molecular flexibility index (Phi) is 11.3. The molecule has 0 amide bonds. The zero-order chi connectivity index (χ0) is 20.6. The lowest BCUT2D eigenvalue weighted by molar-refractivity contribution is 0.0757. The van der Waals surface area contributed by atoms with Crippen LogP contribution in [0.1, 0.15) is 37.5 Å². The number of hydrogen-bond donors (Lipinski definition) is 0. The van der Waals surface area contributed by atoms with Gasteiger partial charge in [-0.05, 0) is 68.6 Å². The average molecular weight is 567 g/mol. The fraction of sp³-hybridized carbons (Fsp3) is 0.429. The lowest BCUT2D eigenvalue weighted by atomic mass is 10.1. The van der Waals surface area contributed by atoms with Crippen LogP contribution in [0.2, 0.25) is 0 Å². The summed E-state index contributed by atoms with van der Waals surface area (Å²) in [6, 6.07) is 0. The number of hydrogen-bond acceptors (Lipinski definition) is 3. The summed E-state index contributed by atoms with van der Waals surface area (Å²) >= 11 is 11.2. The van der Waals surface area contributed by atoms with Gasteiger partial charge in [0, 0.05) is 30.1 Å². The number of halogens is 3. The second-order valence-corrected chi connectivity index (χ2v) is 8.51. The largest absolute Gasteiger partial charge is 0.370 e. The standard InChI is InChI=1S/C21H27Br3O3/c1-7-13(4)25-10-16-19(22)17(11-26-14(5)8-2)21(24)18(20(16)23)12-27-15(6)9-3/h7-9,13-15H,1-3,10-12H2,4-6H3. The van der Waals surface area contributed by atoms with Gasteiger partial charge < -0.3 is 14.2 Å². The molecule has 6 heteroatoms. The monoisotopic (exact) mass is 564 g/mol. The molecule has 0 radical (unpaired) electrons. The van der Waals surface area contributed by atoms with Crippen LogP contribution >= 0.6 is 47.8 Å². The van der Waals surface area contributed by atoms with Crippen molar-refractivity contribution < 1.29 is 14.2 Å². The fourth-order valence-corrected chi connectivity index (χ4v) is 4.74. The molecule has 0 aliphatic heterocycles. The molecule has 0 heterocycles. The molecule has 0 aliphatic carbocycles. The second-order valence-electron chi connectivity index (χ2n) is 6.13. The first-order chi connectivity index (χ1) is 12.8. The topological polar surface area (TPSA) is 27.7 Å². The second kappa shape index (κ2) is 12.3. The first-order valence-electron chi connectivity index (χ1n) is 8.66. The van der Waals surface area contributed by atoms with Crippen molar-refractivity contribution in [1.82, 2.24) is 0 Å². The molecule has 0 saturated heterocycles. The summed E-state index contributed by atoms with van der Waals surface area (Å²) in [4.78, 5) is 0. The summed E-state index contributed by atoms with van der Waals surface area (Å²) in [6.07, 6.45) is 5.17. The van der Waals surface area contributed by atoms with Gasteiger partial charge in [0.1, 0.15) is 0 Å². The summed E-state index contributed by atoms with van der Waals surface area (Å²) in [7, 11) is 0. The molecular formula is C21H27Br3O3. The van der Waals surface area contributed by atoms with E-state index in [1.807, 2.05) is 20.8 Å². The van der Waals surface area contributed by atoms with Gasteiger partial charge in [0.05, 0.1) is 38.1 Å². The Morgan fingerprint density at radius 1 is 0.630 bits per heavy atom. The summed E-state index contributed by atoms with van der Waals surface area (Å²) in [5.41, 5.74) is 3.00. The van der Waals surface area contributed by atoms with Crippen LogP contribution in [-0.4, -0.2) is 18.3 Å². The minimum absolute atomic E-state index is 0.0478. The van der Waals surface area contributed by atoms with Gasteiger partial charge in [-0.2, -0.15) is 0 Å². The first-order valence-corrected chi connectivity index (χ1v) is 11.0. The SMILES string of the molecule is C=CC(C)OCc1c(Br)c(COC(C)C=C)c(Br)c(COC(C)C=C)c1Br. The molecule has 0 aromatic heterocycles. The van der Waals surface area contributed by atoms with Gasteiger partial charge in [-0.25, -0.2) is 0 Å². The van der Waals surface area contributed by atoms with E-state index in [1.165, 1.54) is 0 Å². The smallest absolute Gasteiger partial charge is 0.0747 e. The van der Waals surface area contributed by atoms with Crippen LogP contribution in [0.5, 0.6) is 0 Å². The minimum atomic E-state index is -0.0478. The van der Waals surface area contributed by atoms with Crippen LogP contribution in [0, 0.1) is 0 Å². The van der Waals surface area contributed by atoms with Crippen LogP contribution < -0.4 is 0 Å². The summed E-state index contributed by atoms with van der Waals surface area (Å²) in [6.45, 7) is 18.5. The predicted octanol–water partition coefficient (Wildman–Crippen LogP) is 7.25. The van der Waals surface area contributed by atoms with Crippen LogP contribution in [0.3, 0.4) is 0 Å². The Hall–Kier alpha value is -0.240. The van der Waals surface area contributed by atoms with Gasteiger partial charge in [-0.15, -0.1) is 19.7 Å². The van der Waals surface area contributed by atoms with Gasteiger partial charge in [0.25, 0.3) is 0 Å². The Morgan fingerprint density at radius 3 is 1.04 bits per heavy atom. The van der Waals surface area contributed by atoms with Crippen molar-refractivity contribution in [3.63, 3.8) is 0 Å². The molecule has 1 aromatic rings. The average Bonchev–Trinajstić information content (AvgIpc) is 2.66. The molecule has 1 aromatic carbocycles. The first kappa shape index (κ1) is 24.8. The van der Waals surface area contributed by atoms with Gasteiger partial charge >= 0.3 is 0 Å². The molecule has 0 spiro atoms. The van der Waals surface area contributed by atoms with E-state index in [4.69, 9.17) is 14.2 Å². The van der Waals surface area contributed by atoms with Crippen LogP contribution in [0.15, 0.2) is 51.4 Å². The van der Waals surface area contributed by atoms with Crippen LogP contribution in [0.4, 0.5) is 0 Å². The van der Waals surface area contributed by atoms with Crippen molar-refractivity contribution in [2.24, 2.45) is 0 Å². The lowest BCUT2D eigenvalue weighted by Gasteiger charge is -2.22. The quantitative estimate of drug-likeness (QED) is 0.249. The summed E-state index contributed by atoms with van der Waals surface area (Å²) in [5, 5.41) is 0. The molecule has 3 atom stereocenters. The third-order valence-corrected chi connectivity index (χ3v) is 6.93. The summed E-state index contributed by atoms with van der Waals surface area (Å²) in [5.74, 6) is 0. The van der Waals surface area contributed by atoms with E-state index in [-0.39, 0.29) is 18.3 Å². The van der Waals surface area contributed by atoms with Crippen molar-refractivity contribution in [2.45, 2.75) is 58.9 Å². The third kappa shape index (κ3) is 7.26. The maximum Gasteiger partial charge on any atom is 0.0747 e. The van der Waals surface area contributed by atoms with Gasteiger partial charge in [0.2, 0.25) is 0 Å². The molecule has 0 bridgehead atoms. The molecule has 0 fully saturated rings.